The molecule has 1 aliphatic carbocycles. The molecule has 0 spiro atoms. The molecule has 0 aromatic carbocycles. The Kier molecular flexibility index (Phi) is 1.60. The second-order valence-corrected chi connectivity index (χ2v) is 3.25. The Hall–Kier alpha value is -0.330. The molecule has 0 saturated heterocycles. The predicted molar refractivity (Wildman–Crippen MR) is 37.2 cm³/mol. The van der Waals surface area contributed by atoms with Crippen LogP contribution in [0.1, 0.15) is 33.1 Å². The number of hydrogen-bond donors (Lipinski definition) is 0. The van der Waals surface area contributed by atoms with E-state index >= 15 is 0 Å². The lowest BCUT2D eigenvalue weighted by atomic mass is 9.84. The van der Waals surface area contributed by atoms with E-state index in [0.717, 1.165) is 12.7 Å². The SMILES string of the molecule is CCC(C)(C=O)C1CC1. The molecule has 0 heterocycles. The number of carbonyl (C=O) groups is 1. The Balaban J connectivity index is 2.53. The van der Waals surface area contributed by atoms with Gasteiger partial charge in [0.1, 0.15) is 6.29 Å². The summed E-state index contributed by atoms with van der Waals surface area (Å²) in [6.07, 6.45) is 4.66. The fraction of sp³-hybridized carbons (Fsp3) is 0.875. The van der Waals surface area contributed by atoms with Crippen molar-refractivity contribution >= 4 is 6.29 Å². The third-order valence-corrected chi connectivity index (χ3v) is 2.54. The number of carbonyl (C=O) groups excluding carboxylic acids is 1. The molecular weight excluding hydrogens is 112 g/mol. The van der Waals surface area contributed by atoms with Crippen molar-refractivity contribution in [3.05, 3.63) is 0 Å². The van der Waals surface area contributed by atoms with E-state index in [1.807, 2.05) is 0 Å². The number of rotatable bonds is 3. The molecule has 1 unspecified atom stereocenters. The Morgan fingerprint density at radius 3 is 2.33 bits per heavy atom. The lowest BCUT2D eigenvalue weighted by molar-refractivity contribution is -0.116. The topological polar surface area (TPSA) is 17.1 Å². The second-order valence-electron chi connectivity index (χ2n) is 3.25. The van der Waals surface area contributed by atoms with Gasteiger partial charge in [-0.25, -0.2) is 0 Å². The van der Waals surface area contributed by atoms with Gasteiger partial charge in [-0.1, -0.05) is 13.8 Å². The first-order valence-electron chi connectivity index (χ1n) is 3.69. The lowest BCUT2D eigenvalue weighted by Gasteiger charge is -2.19. The summed E-state index contributed by atoms with van der Waals surface area (Å²) in [4.78, 5) is 10.5. The highest BCUT2D eigenvalue weighted by Crippen LogP contribution is 2.45. The maximum Gasteiger partial charge on any atom is 0.126 e. The Bertz CT molecular complexity index is 116. The van der Waals surface area contributed by atoms with Gasteiger partial charge in [0.15, 0.2) is 0 Å². The van der Waals surface area contributed by atoms with Gasteiger partial charge in [-0.05, 0) is 25.2 Å². The van der Waals surface area contributed by atoms with E-state index in [9.17, 15) is 4.79 Å². The van der Waals surface area contributed by atoms with Gasteiger partial charge in [-0.3, -0.25) is 0 Å². The summed E-state index contributed by atoms with van der Waals surface area (Å²) in [7, 11) is 0. The van der Waals surface area contributed by atoms with Crippen molar-refractivity contribution in [3.8, 4) is 0 Å². The van der Waals surface area contributed by atoms with Crippen molar-refractivity contribution in [1.82, 2.24) is 0 Å². The molecule has 1 atom stereocenters. The minimum Gasteiger partial charge on any atom is -0.303 e. The molecule has 0 N–H and O–H groups in total. The van der Waals surface area contributed by atoms with Gasteiger partial charge >= 0.3 is 0 Å². The maximum absolute atomic E-state index is 10.5. The molecule has 1 saturated carbocycles. The third kappa shape index (κ3) is 1.15. The molecule has 0 aromatic rings. The fourth-order valence-electron chi connectivity index (χ4n) is 1.21. The molecule has 0 amide bonds. The average molecular weight is 126 g/mol. The summed E-state index contributed by atoms with van der Waals surface area (Å²) in [6.45, 7) is 4.16. The van der Waals surface area contributed by atoms with Gasteiger partial charge in [0, 0.05) is 5.41 Å². The van der Waals surface area contributed by atoms with Gasteiger partial charge in [-0.2, -0.15) is 0 Å². The highest BCUT2D eigenvalue weighted by molar-refractivity contribution is 5.59. The highest BCUT2D eigenvalue weighted by atomic mass is 16.1. The first-order chi connectivity index (χ1) is 4.23. The second kappa shape index (κ2) is 2.13. The van der Waals surface area contributed by atoms with E-state index < -0.39 is 0 Å². The quantitative estimate of drug-likeness (QED) is 0.529. The number of hydrogen-bond acceptors (Lipinski definition) is 1. The zero-order chi connectivity index (χ0) is 6.91. The summed E-state index contributed by atoms with van der Waals surface area (Å²) in [6, 6.07) is 0. The standard InChI is InChI=1S/C8H14O/c1-3-8(2,6-9)7-4-5-7/h6-7H,3-5H2,1-2H3. The molecule has 0 bridgehead atoms. The van der Waals surface area contributed by atoms with Crippen LogP contribution in [-0.4, -0.2) is 6.29 Å². The monoisotopic (exact) mass is 126 g/mol. The summed E-state index contributed by atoms with van der Waals surface area (Å²) >= 11 is 0. The van der Waals surface area contributed by atoms with Crippen molar-refractivity contribution < 1.29 is 4.79 Å². The lowest BCUT2D eigenvalue weighted by Crippen LogP contribution is -2.19. The van der Waals surface area contributed by atoms with Crippen LogP contribution in [-0.2, 0) is 4.79 Å². The van der Waals surface area contributed by atoms with E-state index in [1.54, 1.807) is 0 Å². The fourth-order valence-corrected chi connectivity index (χ4v) is 1.21. The molecule has 52 valence electrons. The summed E-state index contributed by atoms with van der Waals surface area (Å²) in [5, 5.41) is 0. The Morgan fingerprint density at radius 2 is 2.22 bits per heavy atom. The molecular formula is C8H14O. The highest BCUT2D eigenvalue weighted by Gasteiger charge is 2.39. The molecule has 0 radical (unpaired) electrons. The molecule has 1 heteroatoms. The summed E-state index contributed by atoms with van der Waals surface area (Å²) in [5.41, 5.74) is 0.0139. The van der Waals surface area contributed by atoms with Crippen LogP contribution in [0.5, 0.6) is 0 Å². The van der Waals surface area contributed by atoms with Crippen LogP contribution in [0.3, 0.4) is 0 Å². The zero-order valence-electron chi connectivity index (χ0n) is 6.18. The Morgan fingerprint density at radius 1 is 1.67 bits per heavy atom. The molecule has 1 aliphatic rings. The largest absolute Gasteiger partial charge is 0.303 e. The van der Waals surface area contributed by atoms with Crippen molar-refractivity contribution in [2.24, 2.45) is 11.3 Å². The molecule has 1 fully saturated rings. The third-order valence-electron chi connectivity index (χ3n) is 2.54. The van der Waals surface area contributed by atoms with Gasteiger partial charge in [0.2, 0.25) is 0 Å². The van der Waals surface area contributed by atoms with Crippen molar-refractivity contribution in [2.75, 3.05) is 0 Å². The van der Waals surface area contributed by atoms with Crippen LogP contribution in [0, 0.1) is 11.3 Å². The minimum absolute atomic E-state index is 0.0139. The molecule has 0 aliphatic heterocycles. The van der Waals surface area contributed by atoms with E-state index in [2.05, 4.69) is 13.8 Å². The van der Waals surface area contributed by atoms with Gasteiger partial charge < -0.3 is 4.79 Å². The van der Waals surface area contributed by atoms with Gasteiger partial charge in [0.25, 0.3) is 0 Å². The predicted octanol–water partition coefficient (Wildman–Crippen LogP) is 2.01. The van der Waals surface area contributed by atoms with Crippen LogP contribution in [0.2, 0.25) is 0 Å². The molecule has 9 heavy (non-hydrogen) atoms. The normalized spacial score (nSPS) is 25.1. The van der Waals surface area contributed by atoms with Crippen LogP contribution in [0.25, 0.3) is 0 Å². The molecule has 1 rings (SSSR count). The minimum atomic E-state index is 0.0139. The average Bonchev–Trinajstić information content (AvgIpc) is 2.68. The van der Waals surface area contributed by atoms with E-state index in [4.69, 9.17) is 0 Å². The first-order valence-corrected chi connectivity index (χ1v) is 3.69. The smallest absolute Gasteiger partial charge is 0.126 e. The maximum atomic E-state index is 10.5. The molecule has 0 aromatic heterocycles. The van der Waals surface area contributed by atoms with Crippen LogP contribution < -0.4 is 0 Å². The van der Waals surface area contributed by atoms with E-state index in [-0.39, 0.29) is 5.41 Å². The van der Waals surface area contributed by atoms with Crippen molar-refractivity contribution in [1.29, 1.82) is 0 Å². The van der Waals surface area contributed by atoms with Gasteiger partial charge in [0.05, 0.1) is 0 Å². The Labute approximate surface area is 56.4 Å². The van der Waals surface area contributed by atoms with Crippen molar-refractivity contribution in [3.63, 3.8) is 0 Å². The zero-order valence-corrected chi connectivity index (χ0v) is 6.18. The van der Waals surface area contributed by atoms with E-state index in [0.29, 0.717) is 5.92 Å². The molecule has 1 nitrogen and oxygen atoms in total. The van der Waals surface area contributed by atoms with E-state index in [1.165, 1.54) is 12.8 Å². The summed E-state index contributed by atoms with van der Waals surface area (Å²) in [5.74, 6) is 0.708. The number of aldehydes is 1. The summed E-state index contributed by atoms with van der Waals surface area (Å²) < 4.78 is 0. The van der Waals surface area contributed by atoms with Crippen LogP contribution in [0.15, 0.2) is 0 Å². The van der Waals surface area contributed by atoms with Crippen LogP contribution >= 0.6 is 0 Å². The van der Waals surface area contributed by atoms with Crippen molar-refractivity contribution in [2.45, 2.75) is 33.1 Å². The first kappa shape index (κ1) is 6.79. The van der Waals surface area contributed by atoms with Gasteiger partial charge in [-0.15, -0.1) is 0 Å². The van der Waals surface area contributed by atoms with Crippen LogP contribution in [0.4, 0.5) is 0 Å².